The van der Waals surface area contributed by atoms with Gasteiger partial charge in [-0.1, -0.05) is 38.5 Å². The zero-order chi connectivity index (χ0) is 22.4. The Morgan fingerprint density at radius 2 is 1.74 bits per heavy atom. The standard InChI is InChI=1S/C24H33N3O3S/c1-4-26(5-2)18-20-10-9-11-21(16-20)25-24(28)23-17-22(13-12-19(23)3)31(29,30)27-14-7-6-8-15-27/h9-13,16-17H,4-8,14-15,18H2,1-3H3,(H,25,28). The molecule has 0 aliphatic carbocycles. The van der Waals surface area contributed by atoms with E-state index in [1.807, 2.05) is 31.2 Å². The van der Waals surface area contributed by atoms with Crippen molar-refractivity contribution in [3.05, 3.63) is 59.2 Å². The fraction of sp³-hybridized carbons (Fsp3) is 0.458. The first-order chi connectivity index (χ1) is 14.8. The molecular formula is C24H33N3O3S. The zero-order valence-corrected chi connectivity index (χ0v) is 19.5. The van der Waals surface area contributed by atoms with Crippen molar-refractivity contribution in [1.29, 1.82) is 0 Å². The van der Waals surface area contributed by atoms with Gasteiger partial charge in [-0.3, -0.25) is 9.69 Å². The minimum absolute atomic E-state index is 0.181. The molecule has 168 valence electrons. The highest BCUT2D eigenvalue weighted by Gasteiger charge is 2.27. The zero-order valence-electron chi connectivity index (χ0n) is 18.7. The van der Waals surface area contributed by atoms with Crippen LogP contribution in [0.15, 0.2) is 47.4 Å². The van der Waals surface area contributed by atoms with E-state index in [9.17, 15) is 13.2 Å². The lowest BCUT2D eigenvalue weighted by atomic mass is 10.1. The van der Waals surface area contributed by atoms with Crippen molar-refractivity contribution in [2.75, 3.05) is 31.5 Å². The van der Waals surface area contributed by atoms with Crippen LogP contribution in [0.1, 0.15) is 54.6 Å². The van der Waals surface area contributed by atoms with Gasteiger partial charge < -0.3 is 5.32 Å². The van der Waals surface area contributed by atoms with Crippen molar-refractivity contribution in [2.24, 2.45) is 0 Å². The van der Waals surface area contributed by atoms with E-state index in [-0.39, 0.29) is 10.8 Å². The highest BCUT2D eigenvalue weighted by atomic mass is 32.2. The number of rotatable bonds is 8. The molecule has 0 saturated carbocycles. The predicted molar refractivity (Wildman–Crippen MR) is 125 cm³/mol. The summed E-state index contributed by atoms with van der Waals surface area (Å²) in [7, 11) is -3.59. The SMILES string of the molecule is CCN(CC)Cc1cccc(NC(=O)c2cc(S(=O)(=O)N3CCCCC3)ccc2C)c1. The average Bonchev–Trinajstić information content (AvgIpc) is 2.78. The van der Waals surface area contributed by atoms with E-state index in [1.165, 1.54) is 10.4 Å². The van der Waals surface area contributed by atoms with E-state index in [2.05, 4.69) is 24.1 Å². The van der Waals surface area contributed by atoms with E-state index in [0.717, 1.165) is 50.0 Å². The van der Waals surface area contributed by atoms with Crippen LogP contribution < -0.4 is 5.32 Å². The van der Waals surface area contributed by atoms with Crippen molar-refractivity contribution in [2.45, 2.75) is 51.5 Å². The van der Waals surface area contributed by atoms with Crippen LogP contribution >= 0.6 is 0 Å². The summed E-state index contributed by atoms with van der Waals surface area (Å²) in [4.78, 5) is 15.5. The van der Waals surface area contributed by atoms with Gasteiger partial charge >= 0.3 is 0 Å². The first-order valence-corrected chi connectivity index (χ1v) is 12.5. The second kappa shape index (κ2) is 10.4. The van der Waals surface area contributed by atoms with Crippen molar-refractivity contribution < 1.29 is 13.2 Å². The molecule has 7 heteroatoms. The van der Waals surface area contributed by atoms with Crippen LogP contribution in [0, 0.1) is 6.92 Å². The van der Waals surface area contributed by atoms with Crippen molar-refractivity contribution >= 4 is 21.6 Å². The highest BCUT2D eigenvalue weighted by Crippen LogP contribution is 2.24. The van der Waals surface area contributed by atoms with Crippen molar-refractivity contribution in [3.8, 4) is 0 Å². The molecule has 1 saturated heterocycles. The van der Waals surface area contributed by atoms with Gasteiger partial charge in [-0.2, -0.15) is 4.31 Å². The summed E-state index contributed by atoms with van der Waals surface area (Å²) in [5, 5.41) is 2.94. The summed E-state index contributed by atoms with van der Waals surface area (Å²) in [5.41, 5.74) is 2.96. The molecule has 1 heterocycles. The summed E-state index contributed by atoms with van der Waals surface area (Å²) < 4.78 is 27.6. The number of carbonyl (C=O) groups is 1. The number of sulfonamides is 1. The Morgan fingerprint density at radius 3 is 2.42 bits per heavy atom. The first-order valence-electron chi connectivity index (χ1n) is 11.1. The second-order valence-electron chi connectivity index (χ2n) is 8.06. The third-order valence-electron chi connectivity index (χ3n) is 5.89. The Balaban J connectivity index is 1.80. The van der Waals surface area contributed by atoms with Gasteiger partial charge in [0.15, 0.2) is 0 Å². The number of nitrogens with zero attached hydrogens (tertiary/aromatic N) is 2. The number of aryl methyl sites for hydroxylation is 1. The van der Waals surface area contributed by atoms with E-state index in [0.29, 0.717) is 24.3 Å². The van der Waals surface area contributed by atoms with Crippen molar-refractivity contribution in [3.63, 3.8) is 0 Å². The van der Waals surface area contributed by atoms with Crippen LogP contribution in [-0.4, -0.2) is 49.7 Å². The quantitative estimate of drug-likeness (QED) is 0.662. The first kappa shape index (κ1) is 23.4. The Morgan fingerprint density at radius 1 is 1.03 bits per heavy atom. The highest BCUT2D eigenvalue weighted by molar-refractivity contribution is 7.89. The normalized spacial score (nSPS) is 15.2. The number of benzene rings is 2. The Labute approximate surface area is 186 Å². The topological polar surface area (TPSA) is 69.7 Å². The van der Waals surface area contributed by atoms with Gasteiger partial charge in [0, 0.05) is 30.9 Å². The molecule has 0 radical (unpaired) electrons. The monoisotopic (exact) mass is 443 g/mol. The molecule has 0 unspecified atom stereocenters. The van der Waals surface area contributed by atoms with Gasteiger partial charge in [-0.05, 0) is 68.2 Å². The minimum atomic E-state index is -3.59. The second-order valence-corrected chi connectivity index (χ2v) is 10.00. The summed E-state index contributed by atoms with van der Waals surface area (Å²) in [6.07, 6.45) is 2.81. The van der Waals surface area contributed by atoms with E-state index in [4.69, 9.17) is 0 Å². The molecule has 2 aromatic rings. The van der Waals surface area contributed by atoms with Gasteiger partial charge in [0.2, 0.25) is 10.0 Å². The Kier molecular flexibility index (Phi) is 7.86. The summed E-state index contributed by atoms with van der Waals surface area (Å²) in [5.74, 6) is -0.298. The smallest absolute Gasteiger partial charge is 0.255 e. The molecule has 0 aromatic heterocycles. The molecular weight excluding hydrogens is 410 g/mol. The third-order valence-corrected chi connectivity index (χ3v) is 7.79. The maximum absolute atomic E-state index is 13.0. The van der Waals surface area contributed by atoms with E-state index in [1.54, 1.807) is 12.1 Å². The molecule has 0 atom stereocenters. The Bertz CT molecular complexity index is 1010. The lowest BCUT2D eigenvalue weighted by Crippen LogP contribution is -2.35. The lowest BCUT2D eigenvalue weighted by Gasteiger charge is -2.26. The Hall–Kier alpha value is -2.22. The number of amides is 1. The maximum atomic E-state index is 13.0. The van der Waals surface area contributed by atoms with Crippen LogP contribution in [-0.2, 0) is 16.6 Å². The fourth-order valence-corrected chi connectivity index (χ4v) is 5.46. The molecule has 1 aliphatic heterocycles. The average molecular weight is 444 g/mol. The fourth-order valence-electron chi connectivity index (χ4n) is 3.91. The van der Waals surface area contributed by atoms with E-state index < -0.39 is 10.0 Å². The molecule has 6 nitrogen and oxygen atoms in total. The van der Waals surface area contributed by atoms with Crippen molar-refractivity contribution in [1.82, 2.24) is 9.21 Å². The van der Waals surface area contributed by atoms with E-state index >= 15 is 0 Å². The molecule has 1 amide bonds. The molecule has 1 aliphatic rings. The van der Waals surface area contributed by atoms with Gasteiger partial charge in [-0.15, -0.1) is 0 Å². The number of hydrogen-bond acceptors (Lipinski definition) is 4. The molecule has 0 bridgehead atoms. The largest absolute Gasteiger partial charge is 0.322 e. The molecule has 2 aromatic carbocycles. The van der Waals surface area contributed by atoms with Crippen LogP contribution in [0.3, 0.4) is 0 Å². The number of nitrogens with one attached hydrogen (secondary N) is 1. The van der Waals surface area contributed by atoms with Gasteiger partial charge in [0.25, 0.3) is 5.91 Å². The van der Waals surface area contributed by atoms with Gasteiger partial charge in [0.1, 0.15) is 0 Å². The number of anilines is 1. The molecule has 3 rings (SSSR count). The predicted octanol–water partition coefficient (Wildman–Crippen LogP) is 4.26. The number of carbonyl (C=O) groups excluding carboxylic acids is 1. The molecule has 31 heavy (non-hydrogen) atoms. The van der Waals surface area contributed by atoms with Gasteiger partial charge in [0.05, 0.1) is 4.90 Å². The molecule has 0 spiro atoms. The molecule has 1 fully saturated rings. The number of piperidine rings is 1. The van der Waals surface area contributed by atoms with Crippen LogP contribution in [0.5, 0.6) is 0 Å². The minimum Gasteiger partial charge on any atom is -0.322 e. The summed E-state index contributed by atoms with van der Waals surface area (Å²) in [6.45, 7) is 9.90. The van der Waals surface area contributed by atoms with Crippen LogP contribution in [0.4, 0.5) is 5.69 Å². The third kappa shape index (κ3) is 5.73. The number of hydrogen-bond donors (Lipinski definition) is 1. The molecule has 1 N–H and O–H groups in total. The van der Waals surface area contributed by atoms with Crippen LogP contribution in [0.2, 0.25) is 0 Å². The lowest BCUT2D eigenvalue weighted by molar-refractivity contribution is 0.102. The summed E-state index contributed by atoms with van der Waals surface area (Å²) >= 11 is 0. The maximum Gasteiger partial charge on any atom is 0.255 e. The summed E-state index contributed by atoms with van der Waals surface area (Å²) in [6, 6.07) is 12.6. The van der Waals surface area contributed by atoms with Gasteiger partial charge in [-0.25, -0.2) is 8.42 Å². The van der Waals surface area contributed by atoms with Crippen LogP contribution in [0.25, 0.3) is 0 Å².